The van der Waals surface area contributed by atoms with E-state index in [2.05, 4.69) is 4.98 Å². The molecule has 0 saturated heterocycles. The molecule has 0 amide bonds. The van der Waals surface area contributed by atoms with E-state index in [9.17, 15) is 8.42 Å². The fourth-order valence-corrected chi connectivity index (χ4v) is 2.74. The van der Waals surface area contributed by atoms with Gasteiger partial charge in [0.1, 0.15) is 11.6 Å². The molecule has 2 N–H and O–H groups in total. The van der Waals surface area contributed by atoms with E-state index in [1.165, 1.54) is 6.26 Å². The Kier molecular flexibility index (Phi) is 3.41. The van der Waals surface area contributed by atoms with Gasteiger partial charge in [-0.3, -0.25) is 0 Å². The van der Waals surface area contributed by atoms with Gasteiger partial charge in [0.2, 0.25) is 0 Å². The molecule has 0 fully saturated rings. The first-order valence-electron chi connectivity index (χ1n) is 5.80. The van der Waals surface area contributed by atoms with Crippen molar-refractivity contribution >= 4 is 20.9 Å². The van der Waals surface area contributed by atoms with Crippen LogP contribution in [0.4, 0.5) is 0 Å². The Balaban J connectivity index is 2.60. The molecule has 1 aromatic heterocycles. The van der Waals surface area contributed by atoms with Gasteiger partial charge < -0.3 is 10.3 Å². The van der Waals surface area contributed by atoms with E-state index >= 15 is 0 Å². The van der Waals surface area contributed by atoms with Gasteiger partial charge in [-0.2, -0.15) is 0 Å². The van der Waals surface area contributed by atoms with Crippen molar-refractivity contribution in [2.75, 3.05) is 6.26 Å². The van der Waals surface area contributed by atoms with Gasteiger partial charge in [-0.05, 0) is 24.6 Å². The Bertz CT molecular complexity index is 674. The molecule has 1 aromatic carbocycles. The summed E-state index contributed by atoms with van der Waals surface area (Å²) in [4.78, 5) is 4.41. The number of aryl methyl sites for hydroxylation is 1. The first-order chi connectivity index (χ1) is 8.44. The molecule has 0 unspecified atom stereocenters. The Morgan fingerprint density at radius 2 is 2.11 bits per heavy atom. The summed E-state index contributed by atoms with van der Waals surface area (Å²) >= 11 is 0. The molecule has 0 saturated carbocycles. The fourth-order valence-electron chi connectivity index (χ4n) is 2.05. The quantitative estimate of drug-likeness (QED) is 0.898. The normalized spacial score (nSPS) is 12.2. The molecule has 0 aliphatic rings. The predicted molar refractivity (Wildman–Crippen MR) is 71.8 cm³/mol. The minimum absolute atomic E-state index is 0.0342. The summed E-state index contributed by atoms with van der Waals surface area (Å²) in [6.45, 7) is 3.13. The summed E-state index contributed by atoms with van der Waals surface area (Å²) in [7, 11) is -3.08. The zero-order valence-corrected chi connectivity index (χ0v) is 11.4. The van der Waals surface area contributed by atoms with Crippen LogP contribution in [0.1, 0.15) is 18.3 Å². The summed E-state index contributed by atoms with van der Waals surface area (Å²) in [6, 6.07) is 5.80. The maximum atomic E-state index is 11.4. The molecule has 2 rings (SSSR count). The number of nitrogens with zero attached hydrogens (tertiary/aromatic N) is 2. The lowest BCUT2D eigenvalue weighted by molar-refractivity contribution is 0.597. The van der Waals surface area contributed by atoms with Crippen molar-refractivity contribution in [1.29, 1.82) is 0 Å². The zero-order valence-electron chi connectivity index (χ0n) is 10.5. The standard InChI is InChI=1S/C12H17N3O2S/c1-3-15-11-5-4-9(7-13)6-10(11)14-12(15)8-18(2,16)17/h4-6H,3,7-8,13H2,1-2H3. The second kappa shape index (κ2) is 4.70. The van der Waals surface area contributed by atoms with Gasteiger partial charge in [0, 0.05) is 19.3 Å². The topological polar surface area (TPSA) is 78.0 Å². The van der Waals surface area contributed by atoms with Crippen LogP contribution >= 0.6 is 0 Å². The number of benzene rings is 1. The van der Waals surface area contributed by atoms with E-state index in [-0.39, 0.29) is 5.75 Å². The molecule has 0 spiro atoms. The highest BCUT2D eigenvalue weighted by Crippen LogP contribution is 2.19. The molecule has 18 heavy (non-hydrogen) atoms. The minimum Gasteiger partial charge on any atom is -0.327 e. The third-order valence-electron chi connectivity index (χ3n) is 2.83. The summed E-state index contributed by atoms with van der Waals surface area (Å²) in [5.41, 5.74) is 8.34. The molecule has 0 aliphatic carbocycles. The third-order valence-corrected chi connectivity index (χ3v) is 3.62. The van der Waals surface area contributed by atoms with Gasteiger partial charge >= 0.3 is 0 Å². The second-order valence-corrected chi connectivity index (χ2v) is 6.51. The fraction of sp³-hybridized carbons (Fsp3) is 0.417. The van der Waals surface area contributed by atoms with Crippen molar-refractivity contribution in [1.82, 2.24) is 9.55 Å². The number of rotatable bonds is 4. The van der Waals surface area contributed by atoms with Crippen LogP contribution in [-0.4, -0.2) is 24.2 Å². The van der Waals surface area contributed by atoms with Crippen molar-refractivity contribution in [3.05, 3.63) is 29.6 Å². The van der Waals surface area contributed by atoms with Crippen LogP contribution in [0.25, 0.3) is 11.0 Å². The number of aromatic nitrogens is 2. The number of hydrogen-bond donors (Lipinski definition) is 1. The SMILES string of the molecule is CCn1c(CS(C)(=O)=O)nc2cc(CN)ccc21. The number of fused-ring (bicyclic) bond motifs is 1. The number of imidazole rings is 1. The molecule has 5 nitrogen and oxygen atoms in total. The van der Waals surface area contributed by atoms with Crippen LogP contribution in [0.2, 0.25) is 0 Å². The van der Waals surface area contributed by atoms with Gasteiger partial charge in [-0.1, -0.05) is 6.07 Å². The van der Waals surface area contributed by atoms with Crippen LogP contribution in [0.3, 0.4) is 0 Å². The van der Waals surface area contributed by atoms with Gasteiger partial charge in [-0.25, -0.2) is 13.4 Å². The van der Waals surface area contributed by atoms with Crippen LogP contribution in [0, 0.1) is 0 Å². The van der Waals surface area contributed by atoms with Crippen molar-refractivity contribution < 1.29 is 8.42 Å². The maximum absolute atomic E-state index is 11.4. The second-order valence-electron chi connectivity index (χ2n) is 4.37. The smallest absolute Gasteiger partial charge is 0.154 e. The summed E-state index contributed by atoms with van der Waals surface area (Å²) in [5.74, 6) is 0.553. The summed E-state index contributed by atoms with van der Waals surface area (Å²) < 4.78 is 24.7. The van der Waals surface area contributed by atoms with Crippen molar-refractivity contribution in [3.8, 4) is 0 Å². The highest BCUT2D eigenvalue weighted by molar-refractivity contribution is 7.89. The van der Waals surface area contributed by atoms with E-state index in [1.54, 1.807) is 0 Å². The summed E-state index contributed by atoms with van der Waals surface area (Å²) in [6.07, 6.45) is 1.22. The molecule has 0 radical (unpaired) electrons. The van der Waals surface area contributed by atoms with E-state index in [0.717, 1.165) is 16.6 Å². The monoisotopic (exact) mass is 267 g/mol. The average molecular weight is 267 g/mol. The molecule has 2 aromatic rings. The lowest BCUT2D eigenvalue weighted by Crippen LogP contribution is -2.08. The maximum Gasteiger partial charge on any atom is 0.154 e. The molecular weight excluding hydrogens is 250 g/mol. The largest absolute Gasteiger partial charge is 0.327 e. The Morgan fingerprint density at radius 1 is 1.39 bits per heavy atom. The highest BCUT2D eigenvalue weighted by Gasteiger charge is 2.14. The minimum atomic E-state index is -3.08. The van der Waals surface area contributed by atoms with E-state index in [0.29, 0.717) is 18.9 Å². The Morgan fingerprint density at radius 3 is 2.67 bits per heavy atom. The van der Waals surface area contributed by atoms with Gasteiger partial charge in [0.15, 0.2) is 9.84 Å². The van der Waals surface area contributed by atoms with Gasteiger partial charge in [0.05, 0.1) is 11.0 Å². The van der Waals surface area contributed by atoms with Gasteiger partial charge in [-0.15, -0.1) is 0 Å². The van der Waals surface area contributed by atoms with Crippen LogP contribution in [-0.2, 0) is 28.7 Å². The molecule has 0 aliphatic heterocycles. The van der Waals surface area contributed by atoms with Crippen molar-refractivity contribution in [2.45, 2.75) is 25.8 Å². The zero-order chi connectivity index (χ0) is 13.3. The highest BCUT2D eigenvalue weighted by atomic mass is 32.2. The Hall–Kier alpha value is -1.40. The van der Waals surface area contributed by atoms with Crippen LogP contribution in [0.5, 0.6) is 0 Å². The van der Waals surface area contributed by atoms with Crippen molar-refractivity contribution in [2.24, 2.45) is 5.73 Å². The molecule has 0 bridgehead atoms. The number of nitrogens with two attached hydrogens (primary N) is 1. The molecule has 6 heteroatoms. The predicted octanol–water partition coefficient (Wildman–Crippen LogP) is 1.06. The first kappa shape index (κ1) is 13.0. The van der Waals surface area contributed by atoms with E-state index < -0.39 is 9.84 Å². The lowest BCUT2D eigenvalue weighted by Gasteiger charge is -2.04. The van der Waals surface area contributed by atoms with E-state index in [1.807, 2.05) is 29.7 Å². The molecule has 0 atom stereocenters. The van der Waals surface area contributed by atoms with Crippen molar-refractivity contribution in [3.63, 3.8) is 0 Å². The number of hydrogen-bond acceptors (Lipinski definition) is 4. The lowest BCUT2D eigenvalue weighted by atomic mass is 10.2. The van der Waals surface area contributed by atoms with E-state index in [4.69, 9.17) is 5.73 Å². The van der Waals surface area contributed by atoms with Crippen LogP contribution < -0.4 is 5.73 Å². The third kappa shape index (κ3) is 2.54. The Labute approximate surface area is 107 Å². The molecule has 1 heterocycles. The van der Waals surface area contributed by atoms with Gasteiger partial charge in [0.25, 0.3) is 0 Å². The summed E-state index contributed by atoms with van der Waals surface area (Å²) in [5, 5.41) is 0. The number of sulfone groups is 1. The molecular formula is C12H17N3O2S. The van der Waals surface area contributed by atoms with Crippen LogP contribution in [0.15, 0.2) is 18.2 Å². The first-order valence-corrected chi connectivity index (χ1v) is 7.86. The molecule has 98 valence electrons. The average Bonchev–Trinajstić information content (AvgIpc) is 2.62.